The number of likely N-dealkylation sites (N-methyl/N-ethyl adjacent to an activating group) is 1. The van der Waals surface area contributed by atoms with Gasteiger partial charge < -0.3 is 14.5 Å². The van der Waals surface area contributed by atoms with Crippen LogP contribution in [0.4, 0.5) is 10.5 Å². The highest BCUT2D eigenvalue weighted by molar-refractivity contribution is 9.10. The molecule has 8 nitrogen and oxygen atoms in total. The molecule has 1 fully saturated rings. The lowest BCUT2D eigenvalue weighted by Gasteiger charge is -2.40. The molecule has 28 heavy (non-hydrogen) atoms. The highest BCUT2D eigenvalue weighted by Gasteiger charge is 2.54. The van der Waals surface area contributed by atoms with Gasteiger partial charge in [-0.05, 0) is 38.1 Å². The van der Waals surface area contributed by atoms with Crippen molar-refractivity contribution in [2.75, 3.05) is 31.7 Å². The summed E-state index contributed by atoms with van der Waals surface area (Å²) in [5, 5.41) is 0. The number of carbonyl (C=O) groups is 2. The van der Waals surface area contributed by atoms with Crippen molar-refractivity contribution < 1.29 is 14.3 Å². The average Bonchev–Trinajstić information content (AvgIpc) is 3.18. The maximum absolute atomic E-state index is 13.1. The number of hydrogen-bond acceptors (Lipinski definition) is 6. The number of hydrogen-bond donors (Lipinski definition) is 0. The first kappa shape index (κ1) is 18.9. The number of aliphatic imine (C=N–C) groups is 1. The lowest BCUT2D eigenvalue weighted by Crippen LogP contribution is -2.64. The van der Waals surface area contributed by atoms with Crippen LogP contribution in [0.15, 0.2) is 45.6 Å². The first-order chi connectivity index (χ1) is 13.4. The van der Waals surface area contributed by atoms with Crippen LogP contribution in [0.2, 0.25) is 0 Å². The second-order valence-electron chi connectivity index (χ2n) is 6.86. The highest BCUT2D eigenvalue weighted by Crippen LogP contribution is 2.36. The van der Waals surface area contributed by atoms with Crippen molar-refractivity contribution in [2.24, 2.45) is 4.99 Å². The fourth-order valence-electron chi connectivity index (χ4n) is 3.77. The normalized spacial score (nSPS) is 23.9. The van der Waals surface area contributed by atoms with Crippen LogP contribution in [-0.4, -0.2) is 71.6 Å². The molecule has 3 amide bonds. The number of guanidine groups is 1. The monoisotopic (exact) mass is 447 g/mol. The minimum atomic E-state index is -0.560. The van der Waals surface area contributed by atoms with Crippen LogP contribution in [0.25, 0.3) is 0 Å². The molecule has 0 saturated carbocycles. The molecule has 0 spiro atoms. The van der Waals surface area contributed by atoms with E-state index in [-0.39, 0.29) is 18.5 Å². The number of rotatable bonds is 5. The molecule has 2 unspecified atom stereocenters. The van der Waals surface area contributed by atoms with Gasteiger partial charge >= 0.3 is 6.03 Å². The summed E-state index contributed by atoms with van der Waals surface area (Å²) in [7, 11) is 1.69. The molecular weight excluding hydrogens is 426 g/mol. The molecule has 1 aromatic rings. The number of anilines is 1. The summed E-state index contributed by atoms with van der Waals surface area (Å²) in [4.78, 5) is 37.3. The quantitative estimate of drug-likeness (QED) is 0.648. The number of allylic oxidation sites excluding steroid dienone is 1. The van der Waals surface area contributed by atoms with Crippen molar-refractivity contribution in [3.05, 3.63) is 40.6 Å². The van der Waals surface area contributed by atoms with Gasteiger partial charge in [-0.15, -0.1) is 0 Å². The molecule has 0 aromatic heterocycles. The standard InChI is InChI=1S/C19H22BrN5O3/c1-4-28-10-9-23-17(26)15-16(22(3)19(23)27)21-18-24(15)11-12(2)25(18)14-7-5-13(20)6-8-14/h5-8,11,15-16H,4,9-10H2,1-3H3. The Morgan fingerprint density at radius 2 is 1.93 bits per heavy atom. The summed E-state index contributed by atoms with van der Waals surface area (Å²) >= 11 is 3.45. The van der Waals surface area contributed by atoms with Crippen LogP contribution < -0.4 is 4.90 Å². The van der Waals surface area contributed by atoms with Gasteiger partial charge in [-0.3, -0.25) is 14.6 Å². The molecule has 3 heterocycles. The highest BCUT2D eigenvalue weighted by atomic mass is 79.9. The Labute approximate surface area is 172 Å². The first-order valence-electron chi connectivity index (χ1n) is 9.20. The number of carbonyl (C=O) groups excluding carboxylic acids is 2. The van der Waals surface area contributed by atoms with Gasteiger partial charge in [-0.2, -0.15) is 0 Å². The molecule has 0 aliphatic carbocycles. The van der Waals surface area contributed by atoms with E-state index < -0.39 is 12.2 Å². The summed E-state index contributed by atoms with van der Waals surface area (Å²) in [5.41, 5.74) is 1.92. The van der Waals surface area contributed by atoms with E-state index in [1.807, 2.05) is 54.1 Å². The van der Waals surface area contributed by atoms with Gasteiger partial charge in [0.15, 0.2) is 12.2 Å². The van der Waals surface area contributed by atoms with Crippen molar-refractivity contribution in [3.63, 3.8) is 0 Å². The van der Waals surface area contributed by atoms with Crippen molar-refractivity contribution >= 4 is 39.5 Å². The molecule has 0 radical (unpaired) electrons. The number of fused-ring (bicyclic) bond motifs is 3. The second-order valence-corrected chi connectivity index (χ2v) is 7.77. The Hall–Kier alpha value is -2.39. The van der Waals surface area contributed by atoms with Crippen LogP contribution in [-0.2, 0) is 9.53 Å². The van der Waals surface area contributed by atoms with Crippen LogP contribution in [0.3, 0.4) is 0 Å². The Bertz CT molecular complexity index is 869. The zero-order chi connectivity index (χ0) is 20.0. The number of amides is 3. The van der Waals surface area contributed by atoms with Gasteiger partial charge in [-0.1, -0.05) is 15.9 Å². The van der Waals surface area contributed by atoms with Gasteiger partial charge in [0.05, 0.1) is 13.2 Å². The van der Waals surface area contributed by atoms with E-state index in [9.17, 15) is 9.59 Å². The molecule has 0 bridgehead atoms. The van der Waals surface area contributed by atoms with Crippen molar-refractivity contribution in [3.8, 4) is 0 Å². The third-order valence-electron chi connectivity index (χ3n) is 5.14. The fourth-order valence-corrected chi connectivity index (χ4v) is 4.03. The molecule has 0 N–H and O–H groups in total. The SMILES string of the molecule is CCOCCN1C(=O)C2C(N=C3N(c4ccc(Br)cc4)C(C)=CN32)N(C)C1=O. The van der Waals surface area contributed by atoms with Crippen LogP contribution in [0.5, 0.6) is 0 Å². The van der Waals surface area contributed by atoms with Gasteiger partial charge in [0.2, 0.25) is 5.96 Å². The number of nitrogens with zero attached hydrogens (tertiary/aromatic N) is 5. The minimum absolute atomic E-state index is 0.237. The van der Waals surface area contributed by atoms with Crippen molar-refractivity contribution in [1.29, 1.82) is 0 Å². The van der Waals surface area contributed by atoms with Gasteiger partial charge in [0.1, 0.15) is 0 Å². The molecule has 3 aliphatic heterocycles. The predicted molar refractivity (Wildman–Crippen MR) is 109 cm³/mol. The maximum Gasteiger partial charge on any atom is 0.328 e. The number of halogens is 1. The maximum atomic E-state index is 13.1. The average molecular weight is 448 g/mol. The summed E-state index contributed by atoms with van der Waals surface area (Å²) in [6.07, 6.45) is 1.38. The Balaban J connectivity index is 1.64. The van der Waals surface area contributed by atoms with Crippen molar-refractivity contribution in [2.45, 2.75) is 26.1 Å². The van der Waals surface area contributed by atoms with Gasteiger partial charge in [0, 0.05) is 35.7 Å². The number of urea groups is 1. The third kappa shape index (κ3) is 2.89. The van der Waals surface area contributed by atoms with Gasteiger partial charge in [-0.25, -0.2) is 9.79 Å². The van der Waals surface area contributed by atoms with Crippen LogP contribution >= 0.6 is 15.9 Å². The van der Waals surface area contributed by atoms with Crippen LogP contribution in [0.1, 0.15) is 13.8 Å². The molecule has 9 heteroatoms. The molecule has 3 aliphatic rings. The Morgan fingerprint density at radius 3 is 2.61 bits per heavy atom. The lowest BCUT2D eigenvalue weighted by molar-refractivity contribution is -0.137. The third-order valence-corrected chi connectivity index (χ3v) is 5.66. The summed E-state index contributed by atoms with van der Waals surface area (Å²) in [5.74, 6) is 0.419. The lowest BCUT2D eigenvalue weighted by atomic mass is 10.1. The van der Waals surface area contributed by atoms with E-state index in [4.69, 9.17) is 9.73 Å². The van der Waals surface area contributed by atoms with E-state index in [1.54, 1.807) is 7.05 Å². The van der Waals surface area contributed by atoms with E-state index in [1.165, 1.54) is 9.80 Å². The molecule has 1 saturated heterocycles. The Morgan fingerprint density at radius 1 is 1.21 bits per heavy atom. The van der Waals surface area contributed by atoms with E-state index in [2.05, 4.69) is 15.9 Å². The second kappa shape index (κ2) is 7.21. The van der Waals surface area contributed by atoms with Crippen LogP contribution in [0, 0.1) is 0 Å². The van der Waals surface area contributed by atoms with E-state index in [0.29, 0.717) is 19.2 Å². The largest absolute Gasteiger partial charge is 0.380 e. The molecular formula is C19H22BrN5O3. The zero-order valence-electron chi connectivity index (χ0n) is 16.0. The predicted octanol–water partition coefficient (Wildman–Crippen LogP) is 2.43. The number of imide groups is 1. The van der Waals surface area contributed by atoms with E-state index in [0.717, 1.165) is 15.9 Å². The molecule has 148 valence electrons. The Kier molecular flexibility index (Phi) is 4.88. The summed E-state index contributed by atoms with van der Waals surface area (Å²) in [6.45, 7) is 4.97. The minimum Gasteiger partial charge on any atom is -0.380 e. The molecule has 4 rings (SSSR count). The molecule has 2 atom stereocenters. The van der Waals surface area contributed by atoms with Gasteiger partial charge in [0.25, 0.3) is 5.91 Å². The smallest absolute Gasteiger partial charge is 0.328 e. The zero-order valence-corrected chi connectivity index (χ0v) is 17.6. The van der Waals surface area contributed by atoms with E-state index >= 15 is 0 Å². The van der Waals surface area contributed by atoms with Crippen molar-refractivity contribution in [1.82, 2.24) is 14.7 Å². The fraction of sp³-hybridized carbons (Fsp3) is 0.421. The first-order valence-corrected chi connectivity index (χ1v) is 9.99. The summed E-state index contributed by atoms with van der Waals surface area (Å²) in [6, 6.07) is 7.00. The number of ether oxygens (including phenoxy) is 1. The topological polar surface area (TPSA) is 68.7 Å². The summed E-state index contributed by atoms with van der Waals surface area (Å²) < 4.78 is 6.32. The number of benzene rings is 1. The molecule has 1 aromatic carbocycles.